The number of nitrogens with one attached hydrogen (secondary N) is 1. The monoisotopic (exact) mass is 291 g/mol. The third-order valence-corrected chi connectivity index (χ3v) is 4.85. The van der Waals surface area contributed by atoms with Crippen molar-refractivity contribution in [2.24, 2.45) is 0 Å². The van der Waals surface area contributed by atoms with E-state index < -0.39 is 22.5 Å². The minimum atomic E-state index is -4.45. The first-order valence-electron chi connectivity index (χ1n) is 5.90. The summed E-state index contributed by atoms with van der Waals surface area (Å²) in [6.45, 7) is 2.12. The number of piperazine rings is 1. The highest BCUT2D eigenvalue weighted by atomic mass is 32.2. The maximum atomic E-state index is 12.7. The molecule has 19 heavy (non-hydrogen) atoms. The van der Waals surface area contributed by atoms with E-state index in [2.05, 4.69) is 10.3 Å². The first-order valence-corrected chi connectivity index (χ1v) is 7.21. The average Bonchev–Trinajstić information content (AvgIpc) is 2.37. The molecule has 1 saturated heterocycles. The number of pyridine rings is 1. The van der Waals surface area contributed by atoms with Gasteiger partial charge in [-0.3, -0.25) is 4.21 Å². The SMILES string of the molecule is O=S1C[C@@H]2CNCCN2c2ncc(C(F)(F)F)cc21. The quantitative estimate of drug-likeness (QED) is 0.774. The van der Waals surface area contributed by atoms with Gasteiger partial charge in [0.1, 0.15) is 5.82 Å². The fourth-order valence-electron chi connectivity index (χ4n) is 2.43. The fourth-order valence-corrected chi connectivity index (χ4v) is 3.89. The fraction of sp³-hybridized carbons (Fsp3) is 0.545. The van der Waals surface area contributed by atoms with E-state index in [9.17, 15) is 17.4 Å². The second-order valence-corrected chi connectivity index (χ2v) is 6.07. The smallest absolute Gasteiger partial charge is 0.349 e. The molecule has 8 heteroatoms. The highest BCUT2D eigenvalue weighted by Crippen LogP contribution is 2.35. The Hall–Kier alpha value is -1.15. The van der Waals surface area contributed by atoms with Crippen LogP contribution in [0.15, 0.2) is 17.2 Å². The molecule has 4 nitrogen and oxygen atoms in total. The predicted octanol–water partition coefficient (Wildman–Crippen LogP) is 1.000. The lowest BCUT2D eigenvalue weighted by atomic mass is 10.2. The van der Waals surface area contributed by atoms with Crippen LogP contribution in [-0.2, 0) is 17.0 Å². The van der Waals surface area contributed by atoms with Gasteiger partial charge in [-0.2, -0.15) is 13.2 Å². The number of fused-ring (bicyclic) bond motifs is 3. The Morgan fingerprint density at radius 1 is 1.47 bits per heavy atom. The summed E-state index contributed by atoms with van der Waals surface area (Å²) in [5, 5.41) is 3.19. The molecule has 1 aromatic heterocycles. The first-order chi connectivity index (χ1) is 8.97. The molecule has 1 unspecified atom stereocenters. The summed E-state index contributed by atoms with van der Waals surface area (Å²) in [5.41, 5.74) is -0.840. The van der Waals surface area contributed by atoms with Crippen LogP contribution in [0.25, 0.3) is 0 Å². The Bertz CT molecular complexity index is 534. The molecule has 3 rings (SSSR count). The molecule has 2 aliphatic rings. The standard InChI is InChI=1S/C11H12F3N3OS/c12-11(13,14)7-3-9-10(16-4-7)17-2-1-15-5-8(17)6-19(9)18/h3-4,8,15H,1-2,5-6H2/t8-,19?/m0/s1. The Balaban J connectivity index is 2.05. The molecule has 0 spiro atoms. The van der Waals surface area contributed by atoms with Crippen molar-refractivity contribution in [3.63, 3.8) is 0 Å². The van der Waals surface area contributed by atoms with Crippen molar-refractivity contribution in [3.8, 4) is 0 Å². The summed E-state index contributed by atoms with van der Waals surface area (Å²) >= 11 is 0. The molecule has 1 N–H and O–H groups in total. The second-order valence-electron chi connectivity index (χ2n) is 4.61. The molecule has 0 aromatic carbocycles. The first kappa shape index (κ1) is 12.9. The molecule has 2 atom stereocenters. The lowest BCUT2D eigenvalue weighted by Crippen LogP contribution is -2.56. The van der Waals surface area contributed by atoms with E-state index in [1.807, 2.05) is 4.90 Å². The average molecular weight is 291 g/mol. The minimum absolute atomic E-state index is 0.0475. The molecule has 1 aromatic rings. The van der Waals surface area contributed by atoms with Gasteiger partial charge in [-0.25, -0.2) is 4.98 Å². The van der Waals surface area contributed by atoms with Crippen molar-refractivity contribution in [2.45, 2.75) is 17.1 Å². The number of hydrogen-bond acceptors (Lipinski definition) is 4. The molecule has 3 heterocycles. The van der Waals surface area contributed by atoms with E-state index in [4.69, 9.17) is 0 Å². The van der Waals surface area contributed by atoms with E-state index in [1.165, 1.54) is 0 Å². The maximum Gasteiger partial charge on any atom is 0.417 e. The van der Waals surface area contributed by atoms with Gasteiger partial charge >= 0.3 is 6.18 Å². The summed E-state index contributed by atoms with van der Waals surface area (Å²) < 4.78 is 50.0. The van der Waals surface area contributed by atoms with Gasteiger partial charge in [-0.15, -0.1) is 0 Å². The van der Waals surface area contributed by atoms with Gasteiger partial charge in [0, 0.05) is 25.8 Å². The Morgan fingerprint density at radius 2 is 2.26 bits per heavy atom. The van der Waals surface area contributed by atoms with E-state index in [0.29, 0.717) is 24.7 Å². The van der Waals surface area contributed by atoms with Crippen LogP contribution in [0.2, 0.25) is 0 Å². The lowest BCUT2D eigenvalue weighted by molar-refractivity contribution is -0.138. The normalized spacial score (nSPS) is 26.8. The van der Waals surface area contributed by atoms with E-state index >= 15 is 0 Å². The summed E-state index contributed by atoms with van der Waals surface area (Å²) in [4.78, 5) is 6.06. The highest BCUT2D eigenvalue weighted by Gasteiger charge is 2.37. The molecule has 0 bridgehead atoms. The predicted molar refractivity (Wildman–Crippen MR) is 64.5 cm³/mol. The van der Waals surface area contributed by atoms with Crippen molar-refractivity contribution in [1.82, 2.24) is 10.3 Å². The van der Waals surface area contributed by atoms with E-state index in [-0.39, 0.29) is 10.9 Å². The lowest BCUT2D eigenvalue weighted by Gasteiger charge is -2.40. The summed E-state index contributed by atoms with van der Waals surface area (Å²) in [6, 6.07) is 1.02. The number of alkyl halides is 3. The molecule has 2 aliphatic heterocycles. The third-order valence-electron chi connectivity index (χ3n) is 3.37. The molecule has 104 valence electrons. The molecular formula is C11H12F3N3OS. The number of halogens is 3. The molecule has 0 aliphatic carbocycles. The van der Waals surface area contributed by atoms with Crippen molar-refractivity contribution in [1.29, 1.82) is 0 Å². The molecule has 1 fully saturated rings. The van der Waals surface area contributed by atoms with E-state index in [0.717, 1.165) is 18.8 Å². The number of anilines is 1. The van der Waals surface area contributed by atoms with Crippen molar-refractivity contribution >= 4 is 16.6 Å². The summed E-state index contributed by atoms with van der Waals surface area (Å²) in [5.74, 6) is 0.785. The van der Waals surface area contributed by atoms with Gasteiger partial charge in [0.05, 0.1) is 33.1 Å². The van der Waals surface area contributed by atoms with Gasteiger partial charge in [-0.1, -0.05) is 0 Å². The topological polar surface area (TPSA) is 45.2 Å². The van der Waals surface area contributed by atoms with Gasteiger partial charge < -0.3 is 10.2 Å². The maximum absolute atomic E-state index is 12.7. The zero-order chi connectivity index (χ0) is 13.6. The minimum Gasteiger partial charge on any atom is -0.349 e. The van der Waals surface area contributed by atoms with Crippen LogP contribution in [0.4, 0.5) is 19.0 Å². The Labute approximate surface area is 110 Å². The van der Waals surface area contributed by atoms with Gasteiger partial charge in [0.2, 0.25) is 0 Å². The van der Waals surface area contributed by atoms with Crippen molar-refractivity contribution < 1.29 is 17.4 Å². The van der Waals surface area contributed by atoms with Crippen molar-refractivity contribution in [3.05, 3.63) is 17.8 Å². The zero-order valence-corrected chi connectivity index (χ0v) is 10.7. The summed E-state index contributed by atoms with van der Waals surface area (Å²) in [7, 11) is -1.42. The van der Waals surface area contributed by atoms with Gasteiger partial charge in [0.25, 0.3) is 0 Å². The van der Waals surface area contributed by atoms with Crippen LogP contribution in [0.5, 0.6) is 0 Å². The van der Waals surface area contributed by atoms with Gasteiger partial charge in [-0.05, 0) is 6.07 Å². The van der Waals surface area contributed by atoms with Crippen LogP contribution < -0.4 is 10.2 Å². The van der Waals surface area contributed by atoms with Crippen LogP contribution >= 0.6 is 0 Å². The Kier molecular flexibility index (Phi) is 3.01. The van der Waals surface area contributed by atoms with Crippen LogP contribution in [-0.4, -0.2) is 40.6 Å². The molecule has 0 radical (unpaired) electrons. The van der Waals surface area contributed by atoms with Crippen LogP contribution in [0, 0.1) is 0 Å². The number of aromatic nitrogens is 1. The second kappa shape index (κ2) is 4.45. The van der Waals surface area contributed by atoms with E-state index in [1.54, 1.807) is 0 Å². The number of nitrogens with zero attached hydrogens (tertiary/aromatic N) is 2. The van der Waals surface area contributed by atoms with Gasteiger partial charge in [0.15, 0.2) is 0 Å². The summed E-state index contributed by atoms with van der Waals surface area (Å²) in [6.07, 6.45) is -3.63. The third kappa shape index (κ3) is 2.23. The number of hydrogen-bond donors (Lipinski definition) is 1. The Morgan fingerprint density at radius 3 is 3.00 bits per heavy atom. The number of rotatable bonds is 0. The molecule has 0 saturated carbocycles. The van der Waals surface area contributed by atoms with Crippen molar-refractivity contribution in [2.75, 3.05) is 30.3 Å². The largest absolute Gasteiger partial charge is 0.417 e. The molecule has 0 amide bonds. The highest BCUT2D eigenvalue weighted by molar-refractivity contribution is 7.85. The zero-order valence-electron chi connectivity index (χ0n) is 9.91. The van der Waals surface area contributed by atoms with Crippen LogP contribution in [0.1, 0.15) is 5.56 Å². The molecular weight excluding hydrogens is 279 g/mol. The van der Waals surface area contributed by atoms with Crippen LogP contribution in [0.3, 0.4) is 0 Å².